The SMILES string of the molecule is COC(=O)C1OC12CCC(F)(F)CC2. The fourth-order valence-corrected chi connectivity index (χ4v) is 1.99. The van der Waals surface area contributed by atoms with Gasteiger partial charge in [0.15, 0.2) is 6.10 Å². The van der Waals surface area contributed by atoms with Crippen molar-refractivity contribution in [3.05, 3.63) is 0 Å². The van der Waals surface area contributed by atoms with Gasteiger partial charge >= 0.3 is 5.97 Å². The molecule has 1 aliphatic heterocycles. The molecular weight excluding hydrogens is 194 g/mol. The Morgan fingerprint density at radius 3 is 2.43 bits per heavy atom. The summed E-state index contributed by atoms with van der Waals surface area (Å²) in [6.45, 7) is 0. The number of hydrogen-bond acceptors (Lipinski definition) is 3. The molecule has 1 heterocycles. The second-order valence-corrected chi connectivity index (χ2v) is 3.94. The van der Waals surface area contributed by atoms with Crippen molar-refractivity contribution in [1.82, 2.24) is 0 Å². The third-order valence-electron chi connectivity index (χ3n) is 3.02. The van der Waals surface area contributed by atoms with Crippen molar-refractivity contribution in [2.45, 2.75) is 43.3 Å². The van der Waals surface area contributed by atoms with Crippen LogP contribution in [0.5, 0.6) is 0 Å². The third kappa shape index (κ3) is 1.49. The standard InChI is InChI=1S/C9H12F2O3/c1-13-7(12)6-8(14-6)2-4-9(10,11)5-3-8/h6H,2-5H2,1H3. The minimum absolute atomic E-state index is 0.194. The number of carbonyl (C=O) groups excluding carboxylic acids is 1. The van der Waals surface area contributed by atoms with E-state index in [4.69, 9.17) is 4.74 Å². The molecule has 1 spiro atoms. The largest absolute Gasteiger partial charge is 0.467 e. The summed E-state index contributed by atoms with van der Waals surface area (Å²) in [4.78, 5) is 11.1. The normalized spacial score (nSPS) is 32.6. The lowest BCUT2D eigenvalue weighted by Crippen LogP contribution is -2.33. The van der Waals surface area contributed by atoms with Crippen LogP contribution in [0, 0.1) is 0 Å². The lowest BCUT2D eigenvalue weighted by atomic mass is 9.84. The summed E-state index contributed by atoms with van der Waals surface area (Å²) >= 11 is 0. The quantitative estimate of drug-likeness (QED) is 0.482. The lowest BCUT2D eigenvalue weighted by Gasteiger charge is -2.26. The van der Waals surface area contributed by atoms with Crippen LogP contribution in [-0.2, 0) is 14.3 Å². The topological polar surface area (TPSA) is 38.8 Å². The van der Waals surface area contributed by atoms with Crippen LogP contribution in [0.4, 0.5) is 8.78 Å². The van der Waals surface area contributed by atoms with Crippen molar-refractivity contribution in [3.8, 4) is 0 Å². The number of hydrogen-bond donors (Lipinski definition) is 0. The number of esters is 1. The number of epoxide rings is 1. The van der Waals surface area contributed by atoms with Gasteiger partial charge in [0.05, 0.1) is 7.11 Å². The average molecular weight is 206 g/mol. The number of alkyl halides is 2. The Morgan fingerprint density at radius 2 is 1.93 bits per heavy atom. The lowest BCUT2D eigenvalue weighted by molar-refractivity contribution is -0.142. The van der Waals surface area contributed by atoms with Crippen molar-refractivity contribution in [2.75, 3.05) is 7.11 Å². The van der Waals surface area contributed by atoms with Gasteiger partial charge in [-0.05, 0) is 12.8 Å². The highest BCUT2D eigenvalue weighted by atomic mass is 19.3. The van der Waals surface area contributed by atoms with Crippen LogP contribution in [0.2, 0.25) is 0 Å². The molecular formula is C9H12F2O3. The Hall–Kier alpha value is -0.710. The van der Waals surface area contributed by atoms with Crippen molar-refractivity contribution in [1.29, 1.82) is 0 Å². The Morgan fingerprint density at radius 1 is 1.36 bits per heavy atom. The summed E-state index contributed by atoms with van der Waals surface area (Å²) in [5.41, 5.74) is -0.630. The molecule has 1 aliphatic carbocycles. The Balaban J connectivity index is 1.94. The molecule has 2 rings (SSSR count). The average Bonchev–Trinajstić information content (AvgIpc) is 2.85. The molecule has 1 unspecified atom stereocenters. The first-order valence-corrected chi connectivity index (χ1v) is 4.63. The van der Waals surface area contributed by atoms with Crippen molar-refractivity contribution in [3.63, 3.8) is 0 Å². The predicted molar refractivity (Wildman–Crippen MR) is 43.0 cm³/mol. The van der Waals surface area contributed by atoms with Gasteiger partial charge < -0.3 is 9.47 Å². The van der Waals surface area contributed by atoms with Gasteiger partial charge in [-0.25, -0.2) is 13.6 Å². The molecule has 0 aromatic rings. The predicted octanol–water partition coefficient (Wildman–Crippen LogP) is 1.51. The summed E-state index contributed by atoms with van der Waals surface area (Å²) in [5.74, 6) is -3.03. The first kappa shape index (κ1) is 9.83. The molecule has 3 nitrogen and oxygen atoms in total. The van der Waals surface area contributed by atoms with Crippen molar-refractivity contribution in [2.24, 2.45) is 0 Å². The zero-order valence-electron chi connectivity index (χ0n) is 7.89. The van der Waals surface area contributed by atoms with Gasteiger partial charge in [0.2, 0.25) is 5.92 Å². The molecule has 1 saturated heterocycles. The van der Waals surface area contributed by atoms with Crippen molar-refractivity contribution >= 4 is 5.97 Å². The Bertz CT molecular complexity index is 255. The number of halogens is 2. The summed E-state index contributed by atoms with van der Waals surface area (Å²) in [6.07, 6.45) is -0.496. The second kappa shape index (κ2) is 2.89. The van der Waals surface area contributed by atoms with Crippen LogP contribution >= 0.6 is 0 Å². The van der Waals surface area contributed by atoms with E-state index in [-0.39, 0.29) is 25.7 Å². The van der Waals surface area contributed by atoms with Crippen LogP contribution in [0.15, 0.2) is 0 Å². The molecule has 0 radical (unpaired) electrons. The molecule has 1 saturated carbocycles. The van der Waals surface area contributed by atoms with Crippen LogP contribution < -0.4 is 0 Å². The second-order valence-electron chi connectivity index (χ2n) is 3.94. The molecule has 0 amide bonds. The zero-order valence-corrected chi connectivity index (χ0v) is 7.89. The maximum Gasteiger partial charge on any atom is 0.338 e. The molecule has 2 fully saturated rings. The molecule has 5 heteroatoms. The number of rotatable bonds is 1. The summed E-state index contributed by atoms with van der Waals surface area (Å²) in [6, 6.07) is 0. The Kier molecular flexibility index (Phi) is 2.03. The minimum Gasteiger partial charge on any atom is -0.467 e. The first-order chi connectivity index (χ1) is 6.49. The van der Waals surface area contributed by atoms with E-state index in [2.05, 4.69) is 4.74 Å². The fourth-order valence-electron chi connectivity index (χ4n) is 1.99. The molecule has 80 valence electrons. The molecule has 1 atom stereocenters. The molecule has 0 aromatic carbocycles. The number of methoxy groups -OCH3 is 1. The van der Waals surface area contributed by atoms with Crippen molar-refractivity contribution < 1.29 is 23.0 Å². The van der Waals surface area contributed by atoms with Gasteiger partial charge in [0, 0.05) is 12.8 Å². The van der Waals surface area contributed by atoms with Crippen LogP contribution in [0.3, 0.4) is 0 Å². The monoisotopic (exact) mass is 206 g/mol. The van der Waals surface area contributed by atoms with Gasteiger partial charge in [0.1, 0.15) is 5.60 Å². The minimum atomic E-state index is -2.59. The summed E-state index contributed by atoms with van der Waals surface area (Å²) in [7, 11) is 1.27. The highest BCUT2D eigenvalue weighted by Crippen LogP contribution is 2.52. The highest BCUT2D eigenvalue weighted by Gasteiger charge is 2.64. The van der Waals surface area contributed by atoms with Gasteiger partial charge in [-0.3, -0.25) is 0 Å². The third-order valence-corrected chi connectivity index (χ3v) is 3.02. The van der Waals surface area contributed by atoms with Gasteiger partial charge in [-0.1, -0.05) is 0 Å². The Labute approximate surface area is 80.4 Å². The summed E-state index contributed by atoms with van der Waals surface area (Å²) < 4.78 is 35.3. The van der Waals surface area contributed by atoms with E-state index in [1.54, 1.807) is 0 Å². The van der Waals surface area contributed by atoms with Crippen LogP contribution in [0.1, 0.15) is 25.7 Å². The van der Waals surface area contributed by atoms with E-state index in [0.717, 1.165) is 0 Å². The van der Waals surface area contributed by atoms with E-state index in [9.17, 15) is 13.6 Å². The fraction of sp³-hybridized carbons (Fsp3) is 0.889. The molecule has 2 aliphatic rings. The van der Waals surface area contributed by atoms with Crippen LogP contribution in [-0.4, -0.2) is 30.7 Å². The van der Waals surface area contributed by atoms with E-state index in [0.29, 0.717) is 0 Å². The molecule has 0 N–H and O–H groups in total. The zero-order chi connectivity index (χ0) is 10.4. The van der Waals surface area contributed by atoms with Gasteiger partial charge in [-0.2, -0.15) is 0 Å². The highest BCUT2D eigenvalue weighted by molar-refractivity contribution is 5.79. The first-order valence-electron chi connectivity index (χ1n) is 4.63. The van der Waals surface area contributed by atoms with Crippen LogP contribution in [0.25, 0.3) is 0 Å². The van der Waals surface area contributed by atoms with E-state index in [1.165, 1.54) is 7.11 Å². The van der Waals surface area contributed by atoms with Gasteiger partial charge in [0.25, 0.3) is 0 Å². The molecule has 0 aromatic heterocycles. The summed E-state index contributed by atoms with van der Waals surface area (Å²) in [5, 5.41) is 0. The maximum atomic E-state index is 12.8. The maximum absolute atomic E-state index is 12.8. The molecule has 0 bridgehead atoms. The van der Waals surface area contributed by atoms with E-state index < -0.39 is 23.6 Å². The molecule has 14 heavy (non-hydrogen) atoms. The van der Waals surface area contributed by atoms with E-state index in [1.807, 2.05) is 0 Å². The van der Waals surface area contributed by atoms with Gasteiger partial charge in [-0.15, -0.1) is 0 Å². The number of carbonyl (C=O) groups is 1. The number of ether oxygens (including phenoxy) is 2. The smallest absolute Gasteiger partial charge is 0.338 e. The van der Waals surface area contributed by atoms with E-state index >= 15 is 0 Å².